The summed E-state index contributed by atoms with van der Waals surface area (Å²) < 4.78 is 92.0. The first-order valence-electron chi connectivity index (χ1n) is 24.0. The van der Waals surface area contributed by atoms with Crippen LogP contribution >= 0.6 is 11.3 Å². The molecule has 24 heteroatoms. The van der Waals surface area contributed by atoms with Crippen LogP contribution in [0.5, 0.6) is 23.0 Å². The zero-order chi connectivity index (χ0) is 55.6. The number of carbonyl (C=O) groups is 2. The maximum Gasteiger partial charge on any atom is 0.328 e. The van der Waals surface area contributed by atoms with Gasteiger partial charge in [-0.15, -0.1) is 16.4 Å². The second-order valence-corrected chi connectivity index (χ2v) is 22.2. The van der Waals surface area contributed by atoms with Crippen molar-refractivity contribution in [3.63, 3.8) is 0 Å². The number of hydrogen-bond acceptors (Lipinski definition) is 18. The molecule has 2 heterocycles. The SMILES string of the molecule is COC(=O)C(Cc1ccc(OCCOS(=O)(=O)c2ccccc2[N+](=O)[O-])cc1)NC(=O)C(C(C)C)n1cc(COc2ccc3nc(S(=O)(=O)NC(c4ccccc4)(c4ccc(OC)cc4)c4ccc(OC)cc4)sc3c2)nn1. The lowest BCUT2D eigenvalue weighted by Crippen LogP contribution is -2.47. The highest BCUT2D eigenvalue weighted by Gasteiger charge is 2.42. The topological polar surface area (TPSA) is 269 Å². The summed E-state index contributed by atoms with van der Waals surface area (Å²) in [6.07, 6.45) is 1.60. The number of rotatable bonds is 25. The standard InChI is InChI=1S/C54H53N7O14S3/c1-35(2)50(51(62)55-46(52(63)72-5)31-36-15-21-43(22-16-36)73-29-30-75-78(68,69)49-14-10-9-13-47(49)61(64)65)60-33-40(57-59-60)34-74-44-27-28-45-48(32-44)76-53(56-45)77(66,67)58-54(37-11-7-6-8-12-37,38-17-23-41(70-3)24-18-38)39-19-25-42(71-4)26-20-39/h6-28,32-33,35,46,50,58H,29-31,34H2,1-5H3,(H,55,62). The molecule has 0 saturated carbocycles. The quantitative estimate of drug-likeness (QED) is 0.0140. The van der Waals surface area contributed by atoms with E-state index in [9.17, 15) is 36.5 Å². The third kappa shape index (κ3) is 12.8. The smallest absolute Gasteiger partial charge is 0.328 e. The van der Waals surface area contributed by atoms with Gasteiger partial charge < -0.3 is 29.0 Å². The fourth-order valence-corrected chi connectivity index (χ4v) is 12.2. The number of fused-ring (bicyclic) bond motifs is 1. The van der Waals surface area contributed by atoms with Gasteiger partial charge in [0.05, 0.1) is 42.7 Å². The van der Waals surface area contributed by atoms with Crippen LogP contribution in [-0.2, 0) is 57.2 Å². The van der Waals surface area contributed by atoms with Gasteiger partial charge in [0.2, 0.25) is 10.2 Å². The number of nitrogens with zero attached hydrogens (tertiary/aromatic N) is 5. The van der Waals surface area contributed by atoms with Gasteiger partial charge in [-0.1, -0.05) is 97.9 Å². The molecule has 78 heavy (non-hydrogen) atoms. The van der Waals surface area contributed by atoms with Gasteiger partial charge in [0, 0.05) is 12.5 Å². The number of esters is 1. The maximum absolute atomic E-state index is 14.7. The number of nitro groups is 1. The molecular weight excluding hydrogens is 1070 g/mol. The van der Waals surface area contributed by atoms with E-state index in [1.165, 1.54) is 23.9 Å². The number of amides is 1. The van der Waals surface area contributed by atoms with E-state index in [1.807, 2.05) is 68.4 Å². The molecule has 0 radical (unpaired) electrons. The third-order valence-corrected chi connectivity index (χ3v) is 16.5. The fourth-order valence-electron chi connectivity index (χ4n) is 8.52. The number of hydrogen-bond donors (Lipinski definition) is 2. The molecule has 8 rings (SSSR count). The number of ether oxygens (including phenoxy) is 5. The van der Waals surface area contributed by atoms with Crippen molar-refractivity contribution in [2.45, 2.75) is 53.7 Å². The van der Waals surface area contributed by atoms with Crippen molar-refractivity contribution in [1.82, 2.24) is 30.0 Å². The average molecular weight is 1120 g/mol. The predicted octanol–water partition coefficient (Wildman–Crippen LogP) is 7.54. The zero-order valence-corrected chi connectivity index (χ0v) is 45.1. The molecular formula is C54H53N7O14S3. The number of sulfonamides is 1. The highest BCUT2D eigenvalue weighted by molar-refractivity contribution is 7.91. The first kappa shape index (κ1) is 55.9. The van der Waals surface area contributed by atoms with Crippen LogP contribution in [-0.4, -0.2) is 94.2 Å². The molecule has 2 N–H and O–H groups in total. The summed E-state index contributed by atoms with van der Waals surface area (Å²) in [6.45, 7) is 2.92. The maximum atomic E-state index is 14.7. The number of para-hydroxylation sites is 1. The van der Waals surface area contributed by atoms with E-state index in [2.05, 4.69) is 25.3 Å². The van der Waals surface area contributed by atoms with Crippen molar-refractivity contribution < 1.29 is 59.2 Å². The fraction of sp³-hybridized carbons (Fsp3) is 0.241. The zero-order valence-electron chi connectivity index (χ0n) is 42.7. The van der Waals surface area contributed by atoms with E-state index in [-0.39, 0.29) is 29.9 Å². The predicted molar refractivity (Wildman–Crippen MR) is 286 cm³/mol. The van der Waals surface area contributed by atoms with Crippen molar-refractivity contribution in [2.24, 2.45) is 5.92 Å². The van der Waals surface area contributed by atoms with E-state index in [0.29, 0.717) is 61.2 Å². The first-order valence-corrected chi connectivity index (χ1v) is 27.7. The van der Waals surface area contributed by atoms with Crippen LogP contribution in [0.1, 0.15) is 47.8 Å². The van der Waals surface area contributed by atoms with E-state index >= 15 is 0 Å². The average Bonchev–Trinajstić information content (AvgIpc) is 4.11. The third-order valence-electron chi connectivity index (χ3n) is 12.3. The van der Waals surface area contributed by atoms with Crippen molar-refractivity contribution in [2.75, 3.05) is 34.5 Å². The van der Waals surface area contributed by atoms with E-state index in [4.69, 9.17) is 27.9 Å². The molecule has 2 aromatic heterocycles. The minimum atomic E-state index is -4.44. The number of thiazole rings is 1. The molecule has 0 fully saturated rings. The molecule has 0 aliphatic rings. The molecule has 21 nitrogen and oxygen atoms in total. The highest BCUT2D eigenvalue weighted by Crippen LogP contribution is 2.41. The number of benzene rings is 6. The Morgan fingerprint density at radius 3 is 1.96 bits per heavy atom. The Morgan fingerprint density at radius 1 is 0.744 bits per heavy atom. The molecule has 406 valence electrons. The van der Waals surface area contributed by atoms with Gasteiger partial charge in [-0.3, -0.25) is 19.1 Å². The molecule has 2 atom stereocenters. The van der Waals surface area contributed by atoms with Crippen LogP contribution in [0.3, 0.4) is 0 Å². The largest absolute Gasteiger partial charge is 0.497 e. The van der Waals surface area contributed by atoms with Crippen molar-refractivity contribution in [1.29, 1.82) is 0 Å². The van der Waals surface area contributed by atoms with Gasteiger partial charge in [0.25, 0.3) is 15.7 Å². The molecule has 2 unspecified atom stereocenters. The molecule has 0 saturated heterocycles. The lowest BCUT2D eigenvalue weighted by Gasteiger charge is -2.36. The summed E-state index contributed by atoms with van der Waals surface area (Å²) in [5.74, 6) is 0.375. The Labute approximate surface area is 453 Å². The summed E-state index contributed by atoms with van der Waals surface area (Å²) in [5.41, 5.74) is 1.29. The number of aromatic nitrogens is 4. The minimum absolute atomic E-state index is 0.0348. The second kappa shape index (κ2) is 24.4. The second-order valence-electron chi connectivity index (χ2n) is 17.7. The van der Waals surface area contributed by atoms with Crippen molar-refractivity contribution in [3.8, 4) is 23.0 Å². The number of methoxy groups -OCH3 is 3. The van der Waals surface area contributed by atoms with Gasteiger partial charge in [-0.25, -0.2) is 22.9 Å². The molecule has 0 aliphatic carbocycles. The van der Waals surface area contributed by atoms with Crippen LogP contribution in [0.2, 0.25) is 0 Å². The number of carbonyl (C=O) groups excluding carboxylic acids is 2. The van der Waals surface area contributed by atoms with Gasteiger partial charge >= 0.3 is 16.1 Å². The Bertz CT molecular complexity index is 3570. The lowest BCUT2D eigenvalue weighted by atomic mass is 9.78. The van der Waals surface area contributed by atoms with Crippen LogP contribution in [0.25, 0.3) is 10.2 Å². The molecule has 0 bridgehead atoms. The first-order chi connectivity index (χ1) is 37.4. The monoisotopic (exact) mass is 1120 g/mol. The van der Waals surface area contributed by atoms with Crippen molar-refractivity contribution >= 4 is 59.3 Å². The van der Waals surface area contributed by atoms with Gasteiger partial charge in [0.1, 0.15) is 66.1 Å². The summed E-state index contributed by atoms with van der Waals surface area (Å²) in [4.78, 5) is 41.4. The summed E-state index contributed by atoms with van der Waals surface area (Å²) in [6, 6.07) is 37.9. The molecule has 8 aromatic rings. The summed E-state index contributed by atoms with van der Waals surface area (Å²) >= 11 is 0.974. The van der Waals surface area contributed by atoms with E-state index in [0.717, 1.165) is 23.5 Å². The van der Waals surface area contributed by atoms with E-state index in [1.54, 1.807) is 87.1 Å². The normalized spacial score (nSPS) is 12.6. The number of nitro benzene ring substituents is 1. The van der Waals surface area contributed by atoms with Crippen LogP contribution in [0.4, 0.5) is 5.69 Å². The van der Waals surface area contributed by atoms with E-state index < -0.39 is 71.8 Å². The van der Waals surface area contributed by atoms with Crippen molar-refractivity contribution in [3.05, 3.63) is 190 Å². The minimum Gasteiger partial charge on any atom is -0.497 e. The molecule has 1 amide bonds. The summed E-state index contributed by atoms with van der Waals surface area (Å²) in [5, 5.41) is 22.6. The molecule has 6 aromatic carbocycles. The molecule has 0 aliphatic heterocycles. The summed E-state index contributed by atoms with van der Waals surface area (Å²) in [7, 11) is -4.47. The van der Waals surface area contributed by atoms with Crippen LogP contribution in [0.15, 0.2) is 161 Å². The number of nitrogens with one attached hydrogen (secondary N) is 2. The van der Waals surface area contributed by atoms with Gasteiger partial charge in [-0.05, 0) is 88.8 Å². The Hall–Kier alpha value is -8.29. The van der Waals surface area contributed by atoms with Crippen LogP contribution in [0, 0.1) is 16.0 Å². The Kier molecular flexibility index (Phi) is 17.5. The lowest BCUT2D eigenvalue weighted by molar-refractivity contribution is -0.387. The van der Waals surface area contributed by atoms with Gasteiger partial charge in [0.15, 0.2) is 4.90 Å². The van der Waals surface area contributed by atoms with Crippen LogP contribution < -0.4 is 29.0 Å². The molecule has 0 spiro atoms. The highest BCUT2D eigenvalue weighted by atomic mass is 32.2. The Morgan fingerprint density at radius 2 is 1.35 bits per heavy atom. The Balaban J connectivity index is 0.915. The van der Waals surface area contributed by atoms with Gasteiger partial charge in [-0.2, -0.15) is 13.1 Å².